The molecular weight excluding hydrogens is 224 g/mol. The number of nitrogens with one attached hydrogen (secondary N) is 1. The van der Waals surface area contributed by atoms with E-state index in [4.69, 9.17) is 5.73 Å². The fourth-order valence-electron chi connectivity index (χ4n) is 1.43. The lowest BCUT2D eigenvalue weighted by atomic mass is 9.82. The molecule has 2 nitrogen and oxygen atoms in total. The minimum absolute atomic E-state index is 0.235. The highest BCUT2D eigenvalue weighted by Crippen LogP contribution is 2.25. The van der Waals surface area contributed by atoms with Crippen molar-refractivity contribution in [3.05, 3.63) is 0 Å². The minimum Gasteiger partial charge on any atom is -0.330 e. The SMILES string of the molecule is CCC(CC)(CN)CNCC(F)(F)C(F)F. The lowest BCUT2D eigenvalue weighted by Crippen LogP contribution is -2.45. The summed E-state index contributed by atoms with van der Waals surface area (Å²) < 4.78 is 48.9. The lowest BCUT2D eigenvalue weighted by molar-refractivity contribution is -0.125. The van der Waals surface area contributed by atoms with Gasteiger partial charge in [0.05, 0.1) is 6.54 Å². The molecule has 0 aliphatic carbocycles. The van der Waals surface area contributed by atoms with Gasteiger partial charge >= 0.3 is 12.3 Å². The van der Waals surface area contributed by atoms with Gasteiger partial charge in [-0.15, -0.1) is 0 Å². The Morgan fingerprint density at radius 2 is 1.62 bits per heavy atom. The maximum atomic E-state index is 12.6. The lowest BCUT2D eigenvalue weighted by Gasteiger charge is -2.31. The molecule has 0 heterocycles. The summed E-state index contributed by atoms with van der Waals surface area (Å²) >= 11 is 0. The van der Waals surface area contributed by atoms with Crippen molar-refractivity contribution in [2.24, 2.45) is 11.1 Å². The van der Waals surface area contributed by atoms with E-state index in [1.54, 1.807) is 0 Å². The van der Waals surface area contributed by atoms with Crippen LogP contribution in [0.4, 0.5) is 17.6 Å². The Bertz CT molecular complexity index is 185. The molecule has 0 unspecified atom stereocenters. The zero-order valence-corrected chi connectivity index (χ0v) is 9.70. The van der Waals surface area contributed by atoms with Crippen LogP contribution in [0.2, 0.25) is 0 Å². The molecule has 6 heteroatoms. The van der Waals surface area contributed by atoms with Gasteiger partial charge in [0.15, 0.2) is 0 Å². The predicted octanol–water partition coefficient (Wildman–Crippen LogP) is 2.24. The first-order chi connectivity index (χ1) is 7.33. The molecule has 0 aromatic rings. The third-order valence-electron chi connectivity index (χ3n) is 3.11. The van der Waals surface area contributed by atoms with Crippen LogP contribution in [0.15, 0.2) is 0 Å². The first kappa shape index (κ1) is 15.6. The smallest absolute Gasteiger partial charge is 0.319 e. The van der Waals surface area contributed by atoms with E-state index >= 15 is 0 Å². The largest absolute Gasteiger partial charge is 0.330 e. The van der Waals surface area contributed by atoms with Crippen LogP contribution in [-0.2, 0) is 0 Å². The van der Waals surface area contributed by atoms with Crippen LogP contribution in [0.1, 0.15) is 26.7 Å². The van der Waals surface area contributed by atoms with Gasteiger partial charge in [0, 0.05) is 6.54 Å². The van der Waals surface area contributed by atoms with Crippen molar-refractivity contribution in [3.63, 3.8) is 0 Å². The molecule has 0 spiro atoms. The summed E-state index contributed by atoms with van der Waals surface area (Å²) in [4.78, 5) is 0. The average Bonchev–Trinajstić information content (AvgIpc) is 2.25. The van der Waals surface area contributed by atoms with Crippen molar-refractivity contribution < 1.29 is 17.6 Å². The molecule has 0 aliphatic heterocycles. The third kappa shape index (κ3) is 4.25. The van der Waals surface area contributed by atoms with E-state index < -0.39 is 18.9 Å². The molecule has 0 amide bonds. The third-order valence-corrected chi connectivity index (χ3v) is 3.11. The van der Waals surface area contributed by atoms with Gasteiger partial charge in [0.2, 0.25) is 0 Å². The number of hydrogen-bond acceptors (Lipinski definition) is 2. The zero-order chi connectivity index (χ0) is 12.8. The average molecular weight is 244 g/mol. The normalized spacial score (nSPS) is 13.5. The molecule has 98 valence electrons. The van der Waals surface area contributed by atoms with E-state index in [9.17, 15) is 17.6 Å². The van der Waals surface area contributed by atoms with Gasteiger partial charge in [-0.3, -0.25) is 0 Å². The van der Waals surface area contributed by atoms with Crippen LogP contribution in [0.3, 0.4) is 0 Å². The van der Waals surface area contributed by atoms with Crippen molar-refractivity contribution in [1.82, 2.24) is 5.32 Å². The van der Waals surface area contributed by atoms with Gasteiger partial charge in [-0.05, 0) is 24.8 Å². The number of nitrogens with two attached hydrogens (primary N) is 1. The van der Waals surface area contributed by atoms with Gasteiger partial charge in [0.25, 0.3) is 0 Å². The van der Waals surface area contributed by atoms with E-state index in [1.165, 1.54) is 0 Å². The molecule has 0 fully saturated rings. The highest BCUT2D eigenvalue weighted by molar-refractivity contribution is 4.82. The second-order valence-electron chi connectivity index (χ2n) is 4.08. The highest BCUT2D eigenvalue weighted by Gasteiger charge is 2.40. The van der Waals surface area contributed by atoms with Crippen molar-refractivity contribution in [3.8, 4) is 0 Å². The van der Waals surface area contributed by atoms with E-state index in [0.29, 0.717) is 6.54 Å². The van der Waals surface area contributed by atoms with E-state index in [2.05, 4.69) is 5.32 Å². The van der Waals surface area contributed by atoms with Crippen molar-refractivity contribution in [2.45, 2.75) is 39.0 Å². The van der Waals surface area contributed by atoms with E-state index in [0.717, 1.165) is 12.8 Å². The summed E-state index contributed by atoms with van der Waals surface area (Å²) in [6, 6.07) is 0. The molecule has 0 rings (SSSR count). The fourth-order valence-corrected chi connectivity index (χ4v) is 1.43. The summed E-state index contributed by atoms with van der Waals surface area (Å²) in [5.41, 5.74) is 5.28. The molecule has 3 N–H and O–H groups in total. The highest BCUT2D eigenvalue weighted by atomic mass is 19.3. The number of halogens is 4. The van der Waals surface area contributed by atoms with Crippen LogP contribution in [-0.4, -0.2) is 32.0 Å². The standard InChI is InChI=1S/C10H20F4N2/c1-3-9(4-2,5-15)6-16-7-10(13,14)8(11)12/h8,16H,3-7,15H2,1-2H3. The molecule has 0 aromatic heterocycles. The Labute approximate surface area is 93.6 Å². The number of hydrogen-bond donors (Lipinski definition) is 2. The first-order valence-corrected chi connectivity index (χ1v) is 5.40. The quantitative estimate of drug-likeness (QED) is 0.643. The minimum atomic E-state index is -3.97. The molecule has 0 bridgehead atoms. The molecule has 0 aliphatic rings. The predicted molar refractivity (Wildman–Crippen MR) is 55.9 cm³/mol. The number of alkyl halides is 4. The van der Waals surface area contributed by atoms with Gasteiger partial charge < -0.3 is 11.1 Å². The van der Waals surface area contributed by atoms with Crippen molar-refractivity contribution >= 4 is 0 Å². The van der Waals surface area contributed by atoms with Crippen LogP contribution < -0.4 is 11.1 Å². The van der Waals surface area contributed by atoms with Gasteiger partial charge in [-0.25, -0.2) is 8.78 Å². The van der Waals surface area contributed by atoms with Gasteiger partial charge in [0.1, 0.15) is 0 Å². The van der Waals surface area contributed by atoms with Gasteiger partial charge in [-0.1, -0.05) is 13.8 Å². The molecule has 0 aromatic carbocycles. The fraction of sp³-hybridized carbons (Fsp3) is 1.00. The van der Waals surface area contributed by atoms with Crippen LogP contribution in [0, 0.1) is 5.41 Å². The van der Waals surface area contributed by atoms with Crippen molar-refractivity contribution in [1.29, 1.82) is 0 Å². The summed E-state index contributed by atoms with van der Waals surface area (Å²) in [5, 5.41) is 2.39. The van der Waals surface area contributed by atoms with Crippen LogP contribution >= 0.6 is 0 Å². The Morgan fingerprint density at radius 3 is 1.94 bits per heavy atom. The summed E-state index contributed by atoms with van der Waals surface area (Å²) in [5.74, 6) is -3.97. The maximum absolute atomic E-state index is 12.6. The van der Waals surface area contributed by atoms with E-state index in [-0.39, 0.29) is 12.0 Å². The number of rotatable bonds is 8. The summed E-state index contributed by atoms with van der Waals surface area (Å²) in [6.07, 6.45) is -2.17. The van der Waals surface area contributed by atoms with Gasteiger partial charge in [-0.2, -0.15) is 8.78 Å². The Kier molecular flexibility index (Phi) is 6.25. The van der Waals surface area contributed by atoms with E-state index in [1.807, 2.05) is 13.8 Å². The van der Waals surface area contributed by atoms with Crippen molar-refractivity contribution in [2.75, 3.05) is 19.6 Å². The molecule has 0 saturated carbocycles. The molecular formula is C10H20F4N2. The molecule has 0 saturated heterocycles. The molecule has 0 atom stereocenters. The Morgan fingerprint density at radius 1 is 1.12 bits per heavy atom. The Balaban J connectivity index is 4.14. The van der Waals surface area contributed by atoms with Crippen LogP contribution in [0.5, 0.6) is 0 Å². The Hall–Kier alpha value is -0.360. The summed E-state index contributed by atoms with van der Waals surface area (Å²) in [6.45, 7) is 3.39. The molecule has 0 radical (unpaired) electrons. The molecule has 16 heavy (non-hydrogen) atoms. The monoisotopic (exact) mass is 244 g/mol. The topological polar surface area (TPSA) is 38.0 Å². The maximum Gasteiger partial charge on any atom is 0.319 e. The second-order valence-corrected chi connectivity index (χ2v) is 4.08. The summed E-state index contributed by atoms with van der Waals surface area (Å²) in [7, 11) is 0. The zero-order valence-electron chi connectivity index (χ0n) is 9.70. The van der Waals surface area contributed by atoms with Crippen LogP contribution in [0.25, 0.3) is 0 Å². The first-order valence-electron chi connectivity index (χ1n) is 5.40. The second kappa shape index (κ2) is 6.39.